The van der Waals surface area contributed by atoms with Crippen LogP contribution in [0.15, 0.2) is 11.3 Å². The number of nitrogens with one attached hydrogen (secondary N) is 2. The minimum Gasteiger partial charge on any atom is -0.391 e. The topological polar surface area (TPSA) is 61.9 Å². The zero-order chi connectivity index (χ0) is 7.44. The van der Waals surface area contributed by atoms with E-state index in [1.807, 2.05) is 20.9 Å². The van der Waals surface area contributed by atoms with Gasteiger partial charge in [-0.2, -0.15) is 0 Å². The molecule has 3 heteroatoms. The zero-order valence-corrected chi connectivity index (χ0v) is 6.08. The molecule has 4 N–H and O–H groups in total. The Labute approximate surface area is 55.4 Å². The van der Waals surface area contributed by atoms with Crippen LogP contribution in [0, 0.1) is 5.41 Å². The minimum absolute atomic E-state index is 0.127. The minimum atomic E-state index is 0.127. The van der Waals surface area contributed by atoms with Crippen molar-refractivity contribution >= 4 is 5.84 Å². The quantitative estimate of drug-likeness (QED) is 0.372. The van der Waals surface area contributed by atoms with Gasteiger partial charge in [0.05, 0.1) is 0 Å². The van der Waals surface area contributed by atoms with Crippen LogP contribution in [0.4, 0.5) is 0 Å². The SMILES string of the molecule is CNC(C)=C(C)C(=N)N. The molecule has 0 aliphatic heterocycles. The highest BCUT2D eigenvalue weighted by Crippen LogP contribution is 1.96. The van der Waals surface area contributed by atoms with E-state index in [0.29, 0.717) is 0 Å². The maximum absolute atomic E-state index is 7.01. The Bertz CT molecular complexity index is 146. The molecule has 0 unspecified atom stereocenters. The van der Waals surface area contributed by atoms with E-state index in [1.54, 1.807) is 0 Å². The fourth-order valence-corrected chi connectivity index (χ4v) is 0.390. The largest absolute Gasteiger partial charge is 0.391 e. The molecular weight excluding hydrogens is 114 g/mol. The van der Waals surface area contributed by atoms with Crippen LogP contribution in [0.25, 0.3) is 0 Å². The lowest BCUT2D eigenvalue weighted by atomic mass is 10.2. The van der Waals surface area contributed by atoms with E-state index in [4.69, 9.17) is 11.1 Å². The van der Waals surface area contributed by atoms with Crippen LogP contribution < -0.4 is 11.1 Å². The first-order chi connectivity index (χ1) is 4.09. The molecule has 0 aliphatic rings. The van der Waals surface area contributed by atoms with E-state index in [0.717, 1.165) is 11.3 Å². The van der Waals surface area contributed by atoms with Gasteiger partial charge in [-0.3, -0.25) is 5.41 Å². The summed E-state index contributed by atoms with van der Waals surface area (Å²) >= 11 is 0. The van der Waals surface area contributed by atoms with Gasteiger partial charge in [-0.05, 0) is 13.8 Å². The van der Waals surface area contributed by atoms with E-state index in [9.17, 15) is 0 Å². The summed E-state index contributed by atoms with van der Waals surface area (Å²) in [6, 6.07) is 0. The van der Waals surface area contributed by atoms with Crippen LogP contribution in [-0.4, -0.2) is 12.9 Å². The van der Waals surface area contributed by atoms with Crippen LogP contribution in [-0.2, 0) is 0 Å². The van der Waals surface area contributed by atoms with Crippen LogP contribution in [0.3, 0.4) is 0 Å². The Morgan fingerprint density at radius 3 is 2.00 bits per heavy atom. The predicted molar refractivity (Wildman–Crippen MR) is 39.3 cm³/mol. The Balaban J connectivity index is 4.28. The molecule has 52 valence electrons. The van der Waals surface area contributed by atoms with Gasteiger partial charge in [-0.15, -0.1) is 0 Å². The van der Waals surface area contributed by atoms with Gasteiger partial charge in [0.1, 0.15) is 5.84 Å². The molecule has 0 aromatic rings. The molecular formula is C6H13N3. The fourth-order valence-electron chi connectivity index (χ4n) is 0.390. The van der Waals surface area contributed by atoms with Gasteiger partial charge in [0.2, 0.25) is 0 Å². The molecule has 0 spiro atoms. The average Bonchev–Trinajstić information content (AvgIpc) is 1.84. The molecule has 3 nitrogen and oxygen atoms in total. The molecule has 0 amide bonds. The van der Waals surface area contributed by atoms with Gasteiger partial charge in [-0.1, -0.05) is 0 Å². The third-order valence-corrected chi connectivity index (χ3v) is 1.34. The third-order valence-electron chi connectivity index (χ3n) is 1.34. The van der Waals surface area contributed by atoms with Crippen LogP contribution in [0.5, 0.6) is 0 Å². The monoisotopic (exact) mass is 127 g/mol. The normalized spacial score (nSPS) is 12.3. The predicted octanol–water partition coefficient (Wildman–Crippen LogP) is 0.436. The molecule has 0 fully saturated rings. The highest BCUT2D eigenvalue weighted by atomic mass is 14.8. The number of hydrogen-bond acceptors (Lipinski definition) is 2. The van der Waals surface area contributed by atoms with Crippen molar-refractivity contribution in [3.05, 3.63) is 11.3 Å². The molecule has 0 heterocycles. The summed E-state index contributed by atoms with van der Waals surface area (Å²) < 4.78 is 0. The summed E-state index contributed by atoms with van der Waals surface area (Å²) in [5.74, 6) is 0.127. The summed E-state index contributed by atoms with van der Waals surface area (Å²) in [7, 11) is 1.81. The number of amidine groups is 1. The summed E-state index contributed by atoms with van der Waals surface area (Å²) in [6.07, 6.45) is 0. The van der Waals surface area contributed by atoms with Crippen molar-refractivity contribution in [2.45, 2.75) is 13.8 Å². The second-order valence-electron chi connectivity index (χ2n) is 1.91. The van der Waals surface area contributed by atoms with E-state index < -0.39 is 0 Å². The Hall–Kier alpha value is -0.990. The van der Waals surface area contributed by atoms with Gasteiger partial charge >= 0.3 is 0 Å². The summed E-state index contributed by atoms with van der Waals surface area (Å²) in [5.41, 5.74) is 6.95. The van der Waals surface area contributed by atoms with Crippen molar-refractivity contribution in [2.75, 3.05) is 7.05 Å². The second-order valence-corrected chi connectivity index (χ2v) is 1.91. The smallest absolute Gasteiger partial charge is 0.120 e. The van der Waals surface area contributed by atoms with E-state index >= 15 is 0 Å². The third kappa shape index (κ3) is 2.17. The first-order valence-corrected chi connectivity index (χ1v) is 2.79. The van der Waals surface area contributed by atoms with Crippen molar-refractivity contribution in [3.8, 4) is 0 Å². The molecule has 0 saturated carbocycles. The number of allylic oxidation sites excluding steroid dienone is 1. The van der Waals surface area contributed by atoms with Crippen LogP contribution in [0.1, 0.15) is 13.8 Å². The summed E-state index contributed by atoms with van der Waals surface area (Å²) in [5, 5.41) is 9.92. The first kappa shape index (κ1) is 8.01. The lowest BCUT2D eigenvalue weighted by Gasteiger charge is -2.03. The van der Waals surface area contributed by atoms with Crippen molar-refractivity contribution in [1.29, 1.82) is 5.41 Å². The van der Waals surface area contributed by atoms with Crippen molar-refractivity contribution in [2.24, 2.45) is 5.73 Å². The zero-order valence-electron chi connectivity index (χ0n) is 6.08. The van der Waals surface area contributed by atoms with Gasteiger partial charge in [0.15, 0.2) is 0 Å². The Morgan fingerprint density at radius 1 is 1.44 bits per heavy atom. The van der Waals surface area contributed by atoms with E-state index in [2.05, 4.69) is 5.32 Å². The molecule has 0 rings (SSSR count). The van der Waals surface area contributed by atoms with Gasteiger partial charge in [0, 0.05) is 18.3 Å². The van der Waals surface area contributed by atoms with Crippen molar-refractivity contribution in [3.63, 3.8) is 0 Å². The average molecular weight is 127 g/mol. The maximum atomic E-state index is 7.01. The Morgan fingerprint density at radius 2 is 1.89 bits per heavy atom. The molecule has 0 radical (unpaired) electrons. The van der Waals surface area contributed by atoms with Gasteiger partial charge < -0.3 is 11.1 Å². The number of hydrogen-bond donors (Lipinski definition) is 3. The van der Waals surface area contributed by atoms with Crippen molar-refractivity contribution in [1.82, 2.24) is 5.32 Å². The highest BCUT2D eigenvalue weighted by Gasteiger charge is 1.95. The first-order valence-electron chi connectivity index (χ1n) is 2.79. The second kappa shape index (κ2) is 3.12. The lowest BCUT2D eigenvalue weighted by molar-refractivity contribution is 0.971. The summed E-state index contributed by atoms with van der Waals surface area (Å²) in [4.78, 5) is 0. The summed E-state index contributed by atoms with van der Waals surface area (Å²) in [6.45, 7) is 3.70. The van der Waals surface area contributed by atoms with E-state index in [-0.39, 0.29) is 5.84 Å². The molecule has 0 aliphatic carbocycles. The molecule has 0 bridgehead atoms. The molecule has 0 aromatic heterocycles. The molecule has 0 aromatic carbocycles. The number of nitrogens with two attached hydrogens (primary N) is 1. The molecule has 0 saturated heterocycles. The van der Waals surface area contributed by atoms with Crippen molar-refractivity contribution < 1.29 is 0 Å². The maximum Gasteiger partial charge on any atom is 0.120 e. The van der Waals surface area contributed by atoms with E-state index in [1.165, 1.54) is 0 Å². The number of rotatable bonds is 2. The van der Waals surface area contributed by atoms with Gasteiger partial charge in [0.25, 0.3) is 0 Å². The lowest BCUT2D eigenvalue weighted by Crippen LogP contribution is -2.16. The van der Waals surface area contributed by atoms with Crippen LogP contribution in [0.2, 0.25) is 0 Å². The van der Waals surface area contributed by atoms with Gasteiger partial charge in [-0.25, -0.2) is 0 Å². The highest BCUT2D eigenvalue weighted by molar-refractivity contribution is 5.94. The standard InChI is InChI=1S/C6H13N3/c1-4(6(7)8)5(2)9-3/h9H,1-3H3,(H3,7,8). The Kier molecular flexibility index (Phi) is 2.78. The molecule has 0 atom stereocenters. The van der Waals surface area contributed by atoms with Crippen LogP contribution >= 0.6 is 0 Å². The molecule has 9 heavy (non-hydrogen) atoms. The fraction of sp³-hybridized carbons (Fsp3) is 0.500.